The van der Waals surface area contributed by atoms with E-state index in [-0.39, 0.29) is 0 Å². The molecule has 0 spiro atoms. The Morgan fingerprint density at radius 2 is 1.85 bits per heavy atom. The van der Waals surface area contributed by atoms with Gasteiger partial charge in [0, 0.05) is 23.7 Å². The molecule has 1 aliphatic carbocycles. The molecule has 4 heteroatoms. The number of rotatable bonds is 5. The molecule has 0 saturated heterocycles. The van der Waals surface area contributed by atoms with Crippen molar-refractivity contribution in [1.82, 2.24) is 15.3 Å². The van der Waals surface area contributed by atoms with Gasteiger partial charge in [-0.1, -0.05) is 44.4 Å². The van der Waals surface area contributed by atoms with E-state index in [0.717, 1.165) is 17.3 Å². The summed E-state index contributed by atoms with van der Waals surface area (Å²) in [6, 6.07) is 0.616. The smallest absolute Gasteiger partial charge is 0.187 e. The number of hydrogen-bond acceptors (Lipinski definition) is 4. The SMILES string of the molecule is CCCNC1CCCCCCC1Sc1ncc(C)cn1. The molecular weight excluding hydrogens is 266 g/mol. The number of hydrogen-bond donors (Lipinski definition) is 1. The number of thioether (sulfide) groups is 1. The normalized spacial score (nSPS) is 24.1. The first-order valence-corrected chi connectivity index (χ1v) is 8.86. The fraction of sp³-hybridized carbons (Fsp3) is 0.750. The van der Waals surface area contributed by atoms with Crippen molar-refractivity contribution < 1.29 is 0 Å². The van der Waals surface area contributed by atoms with Gasteiger partial charge in [0.2, 0.25) is 0 Å². The fourth-order valence-corrected chi connectivity index (χ4v) is 3.91. The molecule has 1 N–H and O–H groups in total. The van der Waals surface area contributed by atoms with E-state index in [9.17, 15) is 0 Å². The minimum atomic E-state index is 0.615. The quantitative estimate of drug-likeness (QED) is 0.834. The van der Waals surface area contributed by atoms with E-state index in [1.807, 2.05) is 31.1 Å². The van der Waals surface area contributed by atoms with Crippen LogP contribution in [0.2, 0.25) is 0 Å². The molecule has 3 nitrogen and oxygen atoms in total. The summed E-state index contributed by atoms with van der Waals surface area (Å²) in [4.78, 5) is 8.93. The van der Waals surface area contributed by atoms with E-state index in [1.165, 1.54) is 44.9 Å². The van der Waals surface area contributed by atoms with E-state index in [0.29, 0.717) is 11.3 Å². The van der Waals surface area contributed by atoms with E-state index >= 15 is 0 Å². The summed E-state index contributed by atoms with van der Waals surface area (Å²) in [5.41, 5.74) is 1.13. The Balaban J connectivity index is 1.99. The van der Waals surface area contributed by atoms with Crippen LogP contribution in [0.25, 0.3) is 0 Å². The molecular formula is C16H27N3S. The number of aromatic nitrogens is 2. The molecule has 1 heterocycles. The van der Waals surface area contributed by atoms with Crippen LogP contribution < -0.4 is 5.32 Å². The highest BCUT2D eigenvalue weighted by atomic mass is 32.2. The lowest BCUT2D eigenvalue weighted by Crippen LogP contribution is -2.39. The van der Waals surface area contributed by atoms with Crippen molar-refractivity contribution in [1.29, 1.82) is 0 Å². The highest BCUT2D eigenvalue weighted by Crippen LogP contribution is 2.30. The summed E-state index contributed by atoms with van der Waals surface area (Å²) in [6.07, 6.45) is 13.1. The van der Waals surface area contributed by atoms with Gasteiger partial charge in [-0.05, 0) is 38.3 Å². The zero-order chi connectivity index (χ0) is 14.2. The molecule has 20 heavy (non-hydrogen) atoms. The van der Waals surface area contributed by atoms with Gasteiger partial charge in [-0.15, -0.1) is 0 Å². The van der Waals surface area contributed by atoms with Crippen LogP contribution in [0.5, 0.6) is 0 Å². The second-order valence-corrected chi connectivity index (χ2v) is 6.96. The van der Waals surface area contributed by atoms with Gasteiger partial charge in [-0.25, -0.2) is 9.97 Å². The van der Waals surface area contributed by atoms with Crippen LogP contribution in [0.15, 0.2) is 17.6 Å². The number of aryl methyl sites for hydroxylation is 1. The lowest BCUT2D eigenvalue weighted by molar-refractivity contribution is 0.399. The van der Waals surface area contributed by atoms with Crippen LogP contribution in [0.3, 0.4) is 0 Å². The van der Waals surface area contributed by atoms with Crippen molar-refractivity contribution in [2.45, 2.75) is 75.2 Å². The number of nitrogens with zero attached hydrogens (tertiary/aromatic N) is 2. The first-order chi connectivity index (χ1) is 9.79. The lowest BCUT2D eigenvalue weighted by atomic mass is 9.96. The van der Waals surface area contributed by atoms with Gasteiger partial charge < -0.3 is 5.32 Å². The third kappa shape index (κ3) is 5.06. The monoisotopic (exact) mass is 293 g/mol. The fourth-order valence-electron chi connectivity index (χ4n) is 2.73. The predicted molar refractivity (Wildman–Crippen MR) is 86.2 cm³/mol. The van der Waals surface area contributed by atoms with Gasteiger partial charge in [-0.2, -0.15) is 0 Å². The first-order valence-electron chi connectivity index (χ1n) is 7.98. The van der Waals surface area contributed by atoms with Gasteiger partial charge in [0.1, 0.15) is 0 Å². The Morgan fingerprint density at radius 3 is 2.55 bits per heavy atom. The molecule has 0 bridgehead atoms. The van der Waals surface area contributed by atoms with Crippen LogP contribution >= 0.6 is 11.8 Å². The minimum absolute atomic E-state index is 0.615. The minimum Gasteiger partial charge on any atom is -0.313 e. The zero-order valence-corrected chi connectivity index (χ0v) is 13.6. The molecule has 1 saturated carbocycles. The Kier molecular flexibility index (Phi) is 6.80. The average molecular weight is 293 g/mol. The molecule has 1 aromatic heterocycles. The Bertz CT molecular complexity index is 378. The molecule has 1 fully saturated rings. The van der Waals surface area contributed by atoms with E-state index < -0.39 is 0 Å². The molecule has 0 radical (unpaired) electrons. The molecule has 1 aliphatic rings. The molecule has 2 unspecified atom stereocenters. The van der Waals surface area contributed by atoms with Gasteiger partial charge >= 0.3 is 0 Å². The zero-order valence-electron chi connectivity index (χ0n) is 12.8. The average Bonchev–Trinajstić information content (AvgIpc) is 2.44. The topological polar surface area (TPSA) is 37.8 Å². The highest BCUT2D eigenvalue weighted by molar-refractivity contribution is 7.99. The highest BCUT2D eigenvalue weighted by Gasteiger charge is 2.24. The largest absolute Gasteiger partial charge is 0.313 e. The lowest BCUT2D eigenvalue weighted by Gasteiger charge is -2.29. The van der Waals surface area contributed by atoms with Crippen LogP contribution in [-0.4, -0.2) is 27.8 Å². The summed E-state index contributed by atoms with van der Waals surface area (Å²) in [5.74, 6) is 0. The molecule has 0 amide bonds. The Labute approximate surface area is 127 Å². The molecule has 0 aliphatic heterocycles. The van der Waals surface area contributed by atoms with Crippen LogP contribution in [0.4, 0.5) is 0 Å². The van der Waals surface area contributed by atoms with Gasteiger partial charge in [0.25, 0.3) is 0 Å². The van der Waals surface area contributed by atoms with Crippen molar-refractivity contribution >= 4 is 11.8 Å². The summed E-state index contributed by atoms with van der Waals surface area (Å²) in [7, 11) is 0. The Hall–Kier alpha value is -0.610. The van der Waals surface area contributed by atoms with Gasteiger partial charge in [-0.3, -0.25) is 0 Å². The third-order valence-corrected chi connectivity index (χ3v) is 5.16. The summed E-state index contributed by atoms with van der Waals surface area (Å²) in [5, 5.41) is 5.29. The standard InChI is InChI=1S/C16H27N3S/c1-3-10-17-14-8-6-4-5-7-9-15(14)20-16-18-11-13(2)12-19-16/h11-12,14-15,17H,3-10H2,1-2H3. The second kappa shape index (κ2) is 8.63. The third-order valence-electron chi connectivity index (χ3n) is 3.87. The molecule has 2 atom stereocenters. The van der Waals surface area contributed by atoms with Crippen LogP contribution in [0.1, 0.15) is 57.4 Å². The maximum absolute atomic E-state index is 4.47. The molecule has 1 aromatic rings. The van der Waals surface area contributed by atoms with Crippen molar-refractivity contribution in [2.75, 3.05) is 6.54 Å². The van der Waals surface area contributed by atoms with Crippen LogP contribution in [-0.2, 0) is 0 Å². The van der Waals surface area contributed by atoms with E-state index in [1.54, 1.807) is 0 Å². The first kappa shape index (κ1) is 15.8. The van der Waals surface area contributed by atoms with Crippen molar-refractivity contribution in [3.8, 4) is 0 Å². The maximum atomic E-state index is 4.47. The molecule has 2 rings (SSSR count). The van der Waals surface area contributed by atoms with Crippen molar-refractivity contribution in [3.63, 3.8) is 0 Å². The van der Waals surface area contributed by atoms with E-state index in [4.69, 9.17) is 0 Å². The molecule has 112 valence electrons. The summed E-state index contributed by atoms with van der Waals surface area (Å²) in [6.45, 7) is 5.40. The van der Waals surface area contributed by atoms with E-state index in [2.05, 4.69) is 22.2 Å². The summed E-state index contributed by atoms with van der Waals surface area (Å²) >= 11 is 1.87. The maximum Gasteiger partial charge on any atom is 0.187 e. The predicted octanol–water partition coefficient (Wildman–Crippen LogP) is 3.97. The van der Waals surface area contributed by atoms with Crippen LogP contribution in [0, 0.1) is 6.92 Å². The number of nitrogens with one attached hydrogen (secondary N) is 1. The van der Waals surface area contributed by atoms with Crippen molar-refractivity contribution in [3.05, 3.63) is 18.0 Å². The van der Waals surface area contributed by atoms with Gasteiger partial charge in [0.05, 0.1) is 0 Å². The molecule has 0 aromatic carbocycles. The Morgan fingerprint density at radius 1 is 1.15 bits per heavy atom. The summed E-state index contributed by atoms with van der Waals surface area (Å²) < 4.78 is 0. The van der Waals surface area contributed by atoms with Crippen molar-refractivity contribution in [2.24, 2.45) is 0 Å². The second-order valence-electron chi connectivity index (χ2n) is 5.75. The van der Waals surface area contributed by atoms with Gasteiger partial charge in [0.15, 0.2) is 5.16 Å².